The number of nitrogens with zero attached hydrogens (tertiary/aromatic N) is 3. The molecule has 4 aromatic rings. The van der Waals surface area contributed by atoms with Crippen LogP contribution < -0.4 is 5.32 Å². The summed E-state index contributed by atoms with van der Waals surface area (Å²) in [5.41, 5.74) is 2.82. The third kappa shape index (κ3) is 4.67. The normalized spacial score (nSPS) is 11.1. The van der Waals surface area contributed by atoms with Gasteiger partial charge in [-0.25, -0.2) is 0 Å². The lowest BCUT2D eigenvalue weighted by Crippen LogP contribution is -2.14. The van der Waals surface area contributed by atoms with E-state index in [1.54, 1.807) is 30.5 Å². The molecular weight excluding hydrogens is 400 g/mol. The summed E-state index contributed by atoms with van der Waals surface area (Å²) in [5, 5.41) is 8.19. The van der Waals surface area contributed by atoms with Crippen molar-refractivity contribution >= 4 is 29.5 Å². The van der Waals surface area contributed by atoms with Gasteiger partial charge in [-0.1, -0.05) is 53.6 Å². The molecule has 0 aliphatic heterocycles. The van der Waals surface area contributed by atoms with Crippen molar-refractivity contribution in [2.75, 3.05) is 5.32 Å². The summed E-state index contributed by atoms with van der Waals surface area (Å²) < 4.78 is 6.60. The number of aromatic nitrogens is 3. The highest BCUT2D eigenvalue weighted by atomic mass is 35.5. The summed E-state index contributed by atoms with van der Waals surface area (Å²) in [6.45, 7) is 2.39. The molecule has 0 radical (unpaired) electrons. The first-order valence-corrected chi connectivity index (χ1v) is 9.74. The van der Waals surface area contributed by atoms with Crippen molar-refractivity contribution in [1.82, 2.24) is 14.8 Å². The lowest BCUT2D eigenvalue weighted by molar-refractivity contribution is 0.0957. The van der Waals surface area contributed by atoms with Crippen LogP contribution in [0, 0.1) is 6.92 Å². The monoisotopic (exact) mass is 418 g/mol. The van der Waals surface area contributed by atoms with Crippen molar-refractivity contribution in [1.29, 1.82) is 0 Å². The van der Waals surface area contributed by atoms with Gasteiger partial charge in [0.2, 0.25) is 5.95 Å². The van der Waals surface area contributed by atoms with Crippen LogP contribution in [0.15, 0.2) is 77.4 Å². The lowest BCUT2D eigenvalue weighted by Gasteiger charge is -2.03. The first kappa shape index (κ1) is 19.7. The number of halogens is 1. The van der Waals surface area contributed by atoms with Crippen molar-refractivity contribution < 1.29 is 9.21 Å². The molecule has 7 heteroatoms. The van der Waals surface area contributed by atoms with Gasteiger partial charge in [0.1, 0.15) is 5.76 Å². The van der Waals surface area contributed by atoms with E-state index in [2.05, 4.69) is 15.4 Å². The van der Waals surface area contributed by atoms with Gasteiger partial charge in [-0.3, -0.25) is 4.79 Å². The highest BCUT2D eigenvalue weighted by Crippen LogP contribution is 2.19. The number of carbonyl (C=O) groups excluding carboxylic acids is 1. The second-order valence-corrected chi connectivity index (χ2v) is 7.13. The maximum absolute atomic E-state index is 12.9. The second kappa shape index (κ2) is 8.80. The van der Waals surface area contributed by atoms with Gasteiger partial charge in [-0.15, -0.1) is 5.10 Å². The average molecular weight is 419 g/mol. The molecule has 0 unspecified atom stereocenters. The third-order valence-electron chi connectivity index (χ3n) is 4.41. The first-order chi connectivity index (χ1) is 14.6. The van der Waals surface area contributed by atoms with Crippen LogP contribution in [0.3, 0.4) is 0 Å². The largest absolute Gasteiger partial charge is 0.467 e. The number of nitrogens with one attached hydrogen (secondary N) is 1. The fraction of sp³-hybridized carbons (Fsp3) is 0.0870. The summed E-state index contributed by atoms with van der Waals surface area (Å²) in [5.74, 6) is 1.21. The number of allylic oxidation sites excluding steroid dienone is 1. The molecule has 6 nitrogen and oxygen atoms in total. The Bertz CT molecular complexity index is 1160. The maximum atomic E-state index is 12.9. The van der Waals surface area contributed by atoms with Gasteiger partial charge in [0, 0.05) is 16.7 Å². The van der Waals surface area contributed by atoms with Crippen LogP contribution in [0.2, 0.25) is 5.02 Å². The molecule has 0 bridgehead atoms. The zero-order valence-electron chi connectivity index (χ0n) is 16.2. The topological polar surface area (TPSA) is 73.0 Å². The quantitative estimate of drug-likeness (QED) is 0.420. The van der Waals surface area contributed by atoms with Crippen LogP contribution in [0.25, 0.3) is 17.5 Å². The molecule has 0 amide bonds. The summed E-state index contributed by atoms with van der Waals surface area (Å²) >= 11 is 5.91. The number of benzene rings is 2. The Balaban J connectivity index is 1.62. The molecule has 0 fully saturated rings. The summed E-state index contributed by atoms with van der Waals surface area (Å²) in [7, 11) is 0. The van der Waals surface area contributed by atoms with Crippen molar-refractivity contribution in [2.45, 2.75) is 13.5 Å². The number of furan rings is 1. The number of rotatable bonds is 6. The van der Waals surface area contributed by atoms with Gasteiger partial charge >= 0.3 is 0 Å². The van der Waals surface area contributed by atoms with Crippen LogP contribution in [0.1, 0.15) is 21.7 Å². The van der Waals surface area contributed by atoms with Crippen LogP contribution in [0.4, 0.5) is 5.95 Å². The first-order valence-electron chi connectivity index (χ1n) is 9.37. The number of anilines is 1. The van der Waals surface area contributed by atoms with Crippen LogP contribution in [-0.2, 0) is 6.54 Å². The van der Waals surface area contributed by atoms with E-state index in [-0.39, 0.29) is 5.91 Å². The van der Waals surface area contributed by atoms with E-state index in [1.807, 2.05) is 49.4 Å². The number of hydrogen-bond donors (Lipinski definition) is 1. The molecule has 0 saturated carbocycles. The fourth-order valence-electron chi connectivity index (χ4n) is 2.80. The molecule has 4 rings (SSSR count). The van der Waals surface area contributed by atoms with E-state index in [0.717, 1.165) is 22.5 Å². The van der Waals surface area contributed by atoms with Gasteiger partial charge in [-0.05, 0) is 42.8 Å². The highest BCUT2D eigenvalue weighted by molar-refractivity contribution is 6.30. The molecule has 150 valence electrons. The van der Waals surface area contributed by atoms with Crippen LogP contribution in [-0.4, -0.2) is 20.7 Å². The standard InChI is InChI=1S/C23H19ClN4O2/c1-16-4-9-18(10-5-16)22-26-23(25-15-20-3-2-14-30-20)28(27-22)21(29)13-8-17-6-11-19(24)12-7-17/h2-14H,15H2,1H3,(H,25,26,27). The minimum atomic E-state index is -0.322. The van der Waals surface area contributed by atoms with Gasteiger partial charge in [0.15, 0.2) is 5.82 Å². The van der Waals surface area contributed by atoms with E-state index >= 15 is 0 Å². The summed E-state index contributed by atoms with van der Waals surface area (Å²) in [6.07, 6.45) is 4.76. The number of carbonyl (C=O) groups is 1. The van der Waals surface area contributed by atoms with Crippen LogP contribution >= 0.6 is 11.6 Å². The minimum absolute atomic E-state index is 0.322. The van der Waals surface area contributed by atoms with Gasteiger partial charge < -0.3 is 9.73 Å². The smallest absolute Gasteiger partial charge is 0.274 e. The number of aryl methyl sites for hydroxylation is 1. The SMILES string of the molecule is Cc1ccc(-c2nc(NCc3ccco3)n(C(=O)C=Cc3ccc(Cl)cc3)n2)cc1. The van der Waals surface area contributed by atoms with Gasteiger partial charge in [-0.2, -0.15) is 9.67 Å². The molecular formula is C23H19ClN4O2. The Labute approximate surface area is 178 Å². The number of hydrogen-bond acceptors (Lipinski definition) is 5. The molecule has 0 atom stereocenters. The molecule has 30 heavy (non-hydrogen) atoms. The molecule has 0 aliphatic rings. The van der Waals surface area contributed by atoms with E-state index in [4.69, 9.17) is 16.0 Å². The van der Waals surface area contributed by atoms with Crippen molar-refractivity contribution in [3.8, 4) is 11.4 Å². The van der Waals surface area contributed by atoms with Gasteiger partial charge in [0.05, 0.1) is 12.8 Å². The van der Waals surface area contributed by atoms with E-state index in [0.29, 0.717) is 23.3 Å². The van der Waals surface area contributed by atoms with E-state index in [9.17, 15) is 4.79 Å². The Morgan fingerprint density at radius 1 is 1.13 bits per heavy atom. The zero-order valence-corrected chi connectivity index (χ0v) is 17.0. The fourth-order valence-corrected chi connectivity index (χ4v) is 2.92. The lowest BCUT2D eigenvalue weighted by atomic mass is 10.1. The molecule has 0 saturated heterocycles. The Morgan fingerprint density at radius 3 is 2.60 bits per heavy atom. The summed E-state index contributed by atoms with van der Waals surface area (Å²) in [4.78, 5) is 17.4. The maximum Gasteiger partial charge on any atom is 0.274 e. The Hall–Kier alpha value is -3.64. The van der Waals surface area contributed by atoms with E-state index < -0.39 is 0 Å². The predicted molar refractivity (Wildman–Crippen MR) is 117 cm³/mol. The Morgan fingerprint density at radius 2 is 1.90 bits per heavy atom. The zero-order chi connectivity index (χ0) is 20.9. The minimum Gasteiger partial charge on any atom is -0.467 e. The van der Waals surface area contributed by atoms with Crippen LogP contribution in [0.5, 0.6) is 0 Å². The summed E-state index contributed by atoms with van der Waals surface area (Å²) in [6, 6.07) is 18.7. The van der Waals surface area contributed by atoms with Crippen molar-refractivity contribution in [3.63, 3.8) is 0 Å². The second-order valence-electron chi connectivity index (χ2n) is 6.69. The molecule has 2 aromatic carbocycles. The molecule has 2 heterocycles. The molecule has 0 aliphatic carbocycles. The molecule has 2 aromatic heterocycles. The third-order valence-corrected chi connectivity index (χ3v) is 4.67. The van der Waals surface area contributed by atoms with Crippen molar-refractivity contribution in [2.24, 2.45) is 0 Å². The predicted octanol–water partition coefficient (Wildman–Crippen LogP) is 5.47. The van der Waals surface area contributed by atoms with E-state index in [1.165, 1.54) is 10.8 Å². The highest BCUT2D eigenvalue weighted by Gasteiger charge is 2.16. The molecule has 0 spiro atoms. The van der Waals surface area contributed by atoms with Crippen molar-refractivity contribution in [3.05, 3.63) is 94.9 Å². The average Bonchev–Trinajstić information content (AvgIpc) is 3.42. The molecule has 1 N–H and O–H groups in total. The Kier molecular flexibility index (Phi) is 5.77. The van der Waals surface area contributed by atoms with Gasteiger partial charge in [0.25, 0.3) is 5.91 Å².